The van der Waals surface area contributed by atoms with Crippen LogP contribution < -0.4 is 11.5 Å². The average Bonchev–Trinajstić information content (AvgIpc) is 2.41. The standard InChI is InChI=1S/C14H22N4O/c15-12-7-4-9-18(14(16)17)13(12)19-10-8-11-5-2-1-3-6-11/h1-3,5-6,12-13H,4,7-10,15H2,(H3,16,17)/t12-,13-/m0/s1. The highest BCUT2D eigenvalue weighted by Crippen LogP contribution is 2.17. The van der Waals surface area contributed by atoms with Gasteiger partial charge in [0.25, 0.3) is 0 Å². The number of nitrogens with two attached hydrogens (primary N) is 2. The maximum atomic E-state index is 7.58. The van der Waals surface area contributed by atoms with Gasteiger partial charge in [0.2, 0.25) is 0 Å². The summed E-state index contributed by atoms with van der Waals surface area (Å²) < 4.78 is 5.85. The van der Waals surface area contributed by atoms with Crippen LogP contribution in [0.4, 0.5) is 0 Å². The van der Waals surface area contributed by atoms with Crippen molar-refractivity contribution in [3.05, 3.63) is 35.9 Å². The van der Waals surface area contributed by atoms with E-state index in [9.17, 15) is 0 Å². The Morgan fingerprint density at radius 3 is 2.79 bits per heavy atom. The number of guanidine groups is 1. The third-order valence-electron chi connectivity index (χ3n) is 3.44. The lowest BCUT2D eigenvalue weighted by atomic mass is 10.0. The smallest absolute Gasteiger partial charge is 0.190 e. The molecule has 104 valence electrons. The van der Waals surface area contributed by atoms with Crippen LogP contribution in [0.2, 0.25) is 0 Å². The zero-order valence-corrected chi connectivity index (χ0v) is 11.1. The second-order valence-electron chi connectivity index (χ2n) is 4.88. The van der Waals surface area contributed by atoms with Crippen LogP contribution in [0.25, 0.3) is 0 Å². The number of ether oxygens (including phenoxy) is 1. The van der Waals surface area contributed by atoms with Crippen LogP contribution >= 0.6 is 0 Å². The fraction of sp³-hybridized carbons (Fsp3) is 0.500. The monoisotopic (exact) mass is 262 g/mol. The number of hydrogen-bond acceptors (Lipinski definition) is 3. The first-order chi connectivity index (χ1) is 9.18. The van der Waals surface area contributed by atoms with Crippen LogP contribution in [0.1, 0.15) is 18.4 Å². The second-order valence-corrected chi connectivity index (χ2v) is 4.88. The van der Waals surface area contributed by atoms with E-state index >= 15 is 0 Å². The normalized spacial score (nSPS) is 23.3. The molecule has 1 fully saturated rings. The van der Waals surface area contributed by atoms with Gasteiger partial charge in [-0.3, -0.25) is 5.41 Å². The molecule has 1 saturated heterocycles. The summed E-state index contributed by atoms with van der Waals surface area (Å²) in [5.74, 6) is 0.0415. The second kappa shape index (κ2) is 6.54. The summed E-state index contributed by atoms with van der Waals surface area (Å²) in [5.41, 5.74) is 12.9. The summed E-state index contributed by atoms with van der Waals surface area (Å²) in [6, 6.07) is 10.1. The van der Waals surface area contributed by atoms with E-state index < -0.39 is 0 Å². The van der Waals surface area contributed by atoms with E-state index in [2.05, 4.69) is 12.1 Å². The molecule has 19 heavy (non-hydrogen) atoms. The molecular formula is C14H22N4O. The predicted octanol–water partition coefficient (Wildman–Crippen LogP) is 0.888. The summed E-state index contributed by atoms with van der Waals surface area (Å²) >= 11 is 0. The van der Waals surface area contributed by atoms with Crippen molar-refractivity contribution < 1.29 is 4.74 Å². The van der Waals surface area contributed by atoms with Gasteiger partial charge in [0.15, 0.2) is 5.96 Å². The molecule has 2 rings (SSSR count). The van der Waals surface area contributed by atoms with Gasteiger partial charge >= 0.3 is 0 Å². The van der Waals surface area contributed by atoms with Crippen LogP contribution in [0, 0.1) is 5.41 Å². The molecule has 0 unspecified atom stereocenters. The highest BCUT2D eigenvalue weighted by atomic mass is 16.5. The summed E-state index contributed by atoms with van der Waals surface area (Å²) in [6.07, 6.45) is 2.45. The van der Waals surface area contributed by atoms with Crippen LogP contribution in [0.5, 0.6) is 0 Å². The largest absolute Gasteiger partial charge is 0.370 e. The zero-order valence-electron chi connectivity index (χ0n) is 11.1. The number of piperidine rings is 1. The number of nitrogens with zero attached hydrogens (tertiary/aromatic N) is 1. The van der Waals surface area contributed by atoms with Crippen molar-refractivity contribution in [2.24, 2.45) is 11.5 Å². The van der Waals surface area contributed by atoms with E-state index in [1.807, 2.05) is 18.2 Å². The van der Waals surface area contributed by atoms with E-state index in [0.717, 1.165) is 25.8 Å². The fourth-order valence-electron chi connectivity index (χ4n) is 2.41. The van der Waals surface area contributed by atoms with E-state index in [1.54, 1.807) is 4.90 Å². The van der Waals surface area contributed by atoms with Gasteiger partial charge in [-0.2, -0.15) is 0 Å². The van der Waals surface area contributed by atoms with Crippen molar-refractivity contribution in [2.75, 3.05) is 13.2 Å². The Bertz CT molecular complexity index is 409. The van der Waals surface area contributed by atoms with Gasteiger partial charge in [0.05, 0.1) is 6.61 Å². The minimum absolute atomic E-state index is 0.0415. The molecule has 1 aromatic carbocycles. The lowest BCUT2D eigenvalue weighted by molar-refractivity contribution is -0.0580. The Hall–Kier alpha value is -1.59. The van der Waals surface area contributed by atoms with Crippen molar-refractivity contribution in [2.45, 2.75) is 31.5 Å². The van der Waals surface area contributed by atoms with Gasteiger partial charge in [-0.05, 0) is 24.8 Å². The molecule has 5 heteroatoms. The highest BCUT2D eigenvalue weighted by molar-refractivity contribution is 5.75. The maximum Gasteiger partial charge on any atom is 0.190 e. The predicted molar refractivity (Wildman–Crippen MR) is 75.7 cm³/mol. The minimum atomic E-state index is -0.269. The van der Waals surface area contributed by atoms with Crippen LogP contribution in [-0.2, 0) is 11.2 Å². The molecule has 5 nitrogen and oxygen atoms in total. The summed E-state index contributed by atoms with van der Waals surface area (Å²) in [4.78, 5) is 1.75. The molecule has 0 amide bonds. The number of hydrogen-bond donors (Lipinski definition) is 3. The van der Waals surface area contributed by atoms with Gasteiger partial charge in [-0.25, -0.2) is 0 Å². The number of nitrogens with one attached hydrogen (secondary N) is 1. The van der Waals surface area contributed by atoms with Crippen molar-refractivity contribution in [1.29, 1.82) is 5.41 Å². The van der Waals surface area contributed by atoms with Crippen LogP contribution in [0.3, 0.4) is 0 Å². The number of benzene rings is 1. The summed E-state index contributed by atoms with van der Waals surface area (Å²) in [7, 11) is 0. The molecular weight excluding hydrogens is 240 g/mol. The van der Waals surface area contributed by atoms with E-state index in [1.165, 1.54) is 5.56 Å². The summed E-state index contributed by atoms with van der Waals surface area (Å²) in [5, 5.41) is 7.58. The SMILES string of the molecule is N=C(N)N1CCC[C@H](N)[C@@H]1OCCc1ccccc1. The molecule has 0 bridgehead atoms. The van der Waals surface area contributed by atoms with Crippen LogP contribution in [-0.4, -0.2) is 36.3 Å². The molecule has 1 aromatic rings. The van der Waals surface area contributed by atoms with Crippen molar-refractivity contribution >= 4 is 5.96 Å². The molecule has 0 radical (unpaired) electrons. The lowest BCUT2D eigenvalue weighted by Crippen LogP contribution is -2.57. The highest BCUT2D eigenvalue weighted by Gasteiger charge is 2.30. The topological polar surface area (TPSA) is 88.4 Å². The first kappa shape index (κ1) is 13.8. The first-order valence-corrected chi connectivity index (χ1v) is 6.70. The Labute approximate surface area is 114 Å². The quantitative estimate of drug-likeness (QED) is 0.555. The van der Waals surface area contributed by atoms with E-state index in [-0.39, 0.29) is 18.2 Å². The Balaban J connectivity index is 1.87. The van der Waals surface area contributed by atoms with E-state index in [0.29, 0.717) is 6.61 Å². The zero-order chi connectivity index (χ0) is 13.7. The molecule has 0 aromatic heterocycles. The van der Waals surface area contributed by atoms with Gasteiger partial charge in [0.1, 0.15) is 6.23 Å². The Morgan fingerprint density at radius 1 is 1.37 bits per heavy atom. The average molecular weight is 262 g/mol. The van der Waals surface area contributed by atoms with Crippen LogP contribution in [0.15, 0.2) is 30.3 Å². The number of likely N-dealkylation sites (tertiary alicyclic amines) is 1. The maximum absolute atomic E-state index is 7.58. The Morgan fingerprint density at radius 2 is 2.11 bits per heavy atom. The van der Waals surface area contributed by atoms with Crippen molar-refractivity contribution in [1.82, 2.24) is 4.90 Å². The number of rotatable bonds is 4. The van der Waals surface area contributed by atoms with Gasteiger partial charge < -0.3 is 21.1 Å². The molecule has 1 heterocycles. The van der Waals surface area contributed by atoms with Gasteiger partial charge in [-0.15, -0.1) is 0 Å². The third-order valence-corrected chi connectivity index (χ3v) is 3.44. The summed E-state index contributed by atoms with van der Waals surface area (Å²) in [6.45, 7) is 1.34. The molecule has 0 spiro atoms. The molecule has 2 atom stereocenters. The fourth-order valence-corrected chi connectivity index (χ4v) is 2.41. The molecule has 0 aliphatic carbocycles. The van der Waals surface area contributed by atoms with Crippen molar-refractivity contribution in [3.8, 4) is 0 Å². The van der Waals surface area contributed by atoms with Gasteiger partial charge in [0, 0.05) is 12.6 Å². The van der Waals surface area contributed by atoms with Gasteiger partial charge in [-0.1, -0.05) is 30.3 Å². The Kier molecular flexibility index (Phi) is 4.76. The molecule has 1 aliphatic rings. The minimum Gasteiger partial charge on any atom is -0.370 e. The molecule has 0 saturated carbocycles. The first-order valence-electron chi connectivity index (χ1n) is 6.70. The molecule has 5 N–H and O–H groups in total. The lowest BCUT2D eigenvalue weighted by Gasteiger charge is -2.39. The van der Waals surface area contributed by atoms with Crippen molar-refractivity contribution in [3.63, 3.8) is 0 Å². The molecule has 1 aliphatic heterocycles. The third kappa shape index (κ3) is 3.68. The van der Waals surface area contributed by atoms with E-state index in [4.69, 9.17) is 21.6 Å².